The van der Waals surface area contributed by atoms with Crippen LogP contribution in [0.2, 0.25) is 0 Å². The third kappa shape index (κ3) is 3.12. The SMILES string of the molecule is COCC1COc2ccccc2N1S(=O)(=O)c1c(C)cc(OC)cc1C. The molecule has 0 N–H and O–H groups in total. The summed E-state index contributed by atoms with van der Waals surface area (Å²) in [5.74, 6) is 1.18. The molecule has 0 saturated heterocycles. The van der Waals surface area contributed by atoms with Crippen LogP contribution in [0, 0.1) is 13.8 Å². The third-order valence-corrected chi connectivity index (χ3v) is 6.58. The minimum atomic E-state index is -3.82. The van der Waals surface area contributed by atoms with Gasteiger partial charge in [0, 0.05) is 7.11 Å². The lowest BCUT2D eigenvalue weighted by Gasteiger charge is -2.37. The van der Waals surface area contributed by atoms with Gasteiger partial charge in [-0.1, -0.05) is 12.1 Å². The van der Waals surface area contributed by atoms with E-state index in [0.29, 0.717) is 28.3 Å². The molecular formula is C19H23NO5S. The lowest BCUT2D eigenvalue weighted by Crippen LogP contribution is -2.49. The van der Waals surface area contributed by atoms with Crippen LogP contribution < -0.4 is 13.8 Å². The first-order valence-corrected chi connectivity index (χ1v) is 9.74. The van der Waals surface area contributed by atoms with Crippen molar-refractivity contribution in [3.05, 3.63) is 47.5 Å². The Morgan fingerprint density at radius 1 is 1.15 bits per heavy atom. The minimum absolute atomic E-state index is 0.234. The van der Waals surface area contributed by atoms with Gasteiger partial charge in [-0.15, -0.1) is 0 Å². The van der Waals surface area contributed by atoms with Crippen LogP contribution in [0.3, 0.4) is 0 Å². The number of anilines is 1. The molecular weight excluding hydrogens is 354 g/mol. The molecule has 1 atom stereocenters. The number of aryl methyl sites for hydroxylation is 2. The molecule has 1 aliphatic heterocycles. The fraction of sp³-hybridized carbons (Fsp3) is 0.368. The van der Waals surface area contributed by atoms with Crippen LogP contribution >= 0.6 is 0 Å². The number of rotatable bonds is 5. The highest BCUT2D eigenvalue weighted by atomic mass is 32.2. The molecule has 26 heavy (non-hydrogen) atoms. The number of hydrogen-bond acceptors (Lipinski definition) is 5. The van der Waals surface area contributed by atoms with Gasteiger partial charge < -0.3 is 14.2 Å². The molecule has 0 fully saturated rings. The van der Waals surface area contributed by atoms with E-state index >= 15 is 0 Å². The maximum absolute atomic E-state index is 13.7. The van der Waals surface area contributed by atoms with Crippen molar-refractivity contribution in [1.29, 1.82) is 0 Å². The van der Waals surface area contributed by atoms with Crippen molar-refractivity contribution in [2.24, 2.45) is 0 Å². The molecule has 1 unspecified atom stereocenters. The zero-order chi connectivity index (χ0) is 18.9. The molecule has 2 aromatic carbocycles. The predicted molar refractivity (Wildman–Crippen MR) is 99.7 cm³/mol. The predicted octanol–water partition coefficient (Wildman–Crippen LogP) is 2.91. The molecule has 0 bridgehead atoms. The summed E-state index contributed by atoms with van der Waals surface area (Å²) in [5.41, 5.74) is 1.80. The van der Waals surface area contributed by atoms with E-state index in [0.717, 1.165) is 0 Å². The quantitative estimate of drug-likeness (QED) is 0.802. The monoisotopic (exact) mass is 377 g/mol. The number of fused-ring (bicyclic) bond motifs is 1. The maximum atomic E-state index is 13.7. The lowest BCUT2D eigenvalue weighted by molar-refractivity contribution is 0.148. The number of benzene rings is 2. The Kier molecular flexibility index (Phi) is 5.11. The van der Waals surface area contributed by atoms with Gasteiger partial charge in [-0.05, 0) is 49.2 Å². The van der Waals surface area contributed by atoms with Crippen molar-refractivity contribution in [2.45, 2.75) is 24.8 Å². The Morgan fingerprint density at radius 3 is 2.42 bits per heavy atom. The van der Waals surface area contributed by atoms with Crippen molar-refractivity contribution in [3.63, 3.8) is 0 Å². The first-order valence-electron chi connectivity index (χ1n) is 8.30. The zero-order valence-electron chi connectivity index (χ0n) is 15.4. The Morgan fingerprint density at radius 2 is 1.81 bits per heavy atom. The highest BCUT2D eigenvalue weighted by molar-refractivity contribution is 7.93. The topological polar surface area (TPSA) is 65.1 Å². The van der Waals surface area contributed by atoms with Crippen LogP contribution in [0.15, 0.2) is 41.3 Å². The molecule has 7 heteroatoms. The van der Waals surface area contributed by atoms with Crippen molar-refractivity contribution in [2.75, 3.05) is 31.7 Å². The molecule has 0 radical (unpaired) electrons. The van der Waals surface area contributed by atoms with E-state index in [4.69, 9.17) is 14.2 Å². The fourth-order valence-electron chi connectivity index (χ4n) is 3.38. The first-order chi connectivity index (χ1) is 12.4. The normalized spacial score (nSPS) is 16.8. The van der Waals surface area contributed by atoms with Crippen LogP contribution in [-0.4, -0.2) is 41.9 Å². The molecule has 0 saturated carbocycles. The Bertz CT molecular complexity index is 887. The summed E-state index contributed by atoms with van der Waals surface area (Å²) in [6, 6.07) is 10.2. The second-order valence-electron chi connectivity index (χ2n) is 6.28. The van der Waals surface area contributed by atoms with E-state index in [1.807, 2.05) is 6.07 Å². The average molecular weight is 377 g/mol. The van der Waals surface area contributed by atoms with Crippen molar-refractivity contribution in [1.82, 2.24) is 0 Å². The lowest BCUT2D eigenvalue weighted by atomic mass is 10.1. The van der Waals surface area contributed by atoms with Gasteiger partial charge in [0.05, 0.1) is 24.3 Å². The fourth-order valence-corrected chi connectivity index (χ4v) is 5.43. The smallest absolute Gasteiger partial charge is 0.265 e. The van der Waals surface area contributed by atoms with Crippen LogP contribution in [0.5, 0.6) is 11.5 Å². The molecule has 140 valence electrons. The molecule has 3 rings (SSSR count). The molecule has 1 aliphatic rings. The third-order valence-electron chi connectivity index (χ3n) is 4.41. The van der Waals surface area contributed by atoms with Gasteiger partial charge in [-0.25, -0.2) is 8.42 Å². The largest absolute Gasteiger partial charge is 0.497 e. The standard InChI is InChI=1S/C19H23NO5S/c1-13-9-16(24-4)10-14(2)19(13)26(21,22)20-15(11-23-3)12-25-18-8-6-5-7-17(18)20/h5-10,15H,11-12H2,1-4H3. The van der Waals surface area contributed by atoms with Gasteiger partial charge in [0.2, 0.25) is 0 Å². The second-order valence-corrected chi connectivity index (χ2v) is 8.03. The van der Waals surface area contributed by atoms with Gasteiger partial charge in [-0.2, -0.15) is 0 Å². The van der Waals surface area contributed by atoms with E-state index < -0.39 is 16.1 Å². The second kappa shape index (κ2) is 7.17. The van der Waals surface area contributed by atoms with Gasteiger partial charge in [0.25, 0.3) is 10.0 Å². The first kappa shape index (κ1) is 18.5. The summed E-state index contributed by atoms with van der Waals surface area (Å²) in [6.45, 7) is 4.03. The van der Waals surface area contributed by atoms with Crippen molar-refractivity contribution < 1.29 is 22.6 Å². The van der Waals surface area contributed by atoms with Crippen molar-refractivity contribution >= 4 is 15.7 Å². The van der Waals surface area contributed by atoms with E-state index in [-0.39, 0.29) is 18.1 Å². The highest BCUT2D eigenvalue weighted by Crippen LogP contribution is 2.39. The summed E-state index contributed by atoms with van der Waals surface area (Å²) in [5, 5.41) is 0. The van der Waals surface area contributed by atoms with Crippen LogP contribution in [0.25, 0.3) is 0 Å². The molecule has 0 spiro atoms. The van der Waals surface area contributed by atoms with Gasteiger partial charge in [0.1, 0.15) is 24.1 Å². The number of hydrogen-bond donors (Lipinski definition) is 0. The summed E-state index contributed by atoms with van der Waals surface area (Å²) >= 11 is 0. The van der Waals surface area contributed by atoms with Crippen LogP contribution in [0.4, 0.5) is 5.69 Å². The van der Waals surface area contributed by atoms with Gasteiger partial charge >= 0.3 is 0 Å². The van der Waals surface area contributed by atoms with E-state index in [1.165, 1.54) is 4.31 Å². The summed E-state index contributed by atoms with van der Waals surface area (Å²) in [4.78, 5) is 0.288. The average Bonchev–Trinajstić information content (AvgIpc) is 2.60. The van der Waals surface area contributed by atoms with E-state index in [1.54, 1.807) is 58.4 Å². The highest BCUT2D eigenvalue weighted by Gasteiger charge is 2.38. The van der Waals surface area contributed by atoms with Gasteiger partial charge in [-0.3, -0.25) is 4.31 Å². The number of para-hydroxylation sites is 2. The van der Waals surface area contributed by atoms with Gasteiger partial charge in [0.15, 0.2) is 0 Å². The van der Waals surface area contributed by atoms with Crippen LogP contribution in [-0.2, 0) is 14.8 Å². The molecule has 0 aliphatic carbocycles. The summed E-state index contributed by atoms with van der Waals surface area (Å²) in [6.07, 6.45) is 0. The Balaban J connectivity index is 2.19. The Hall–Kier alpha value is -2.25. The molecule has 6 nitrogen and oxygen atoms in total. The number of nitrogens with zero attached hydrogens (tertiary/aromatic N) is 1. The zero-order valence-corrected chi connectivity index (χ0v) is 16.2. The van der Waals surface area contributed by atoms with E-state index in [2.05, 4.69) is 0 Å². The number of methoxy groups -OCH3 is 2. The molecule has 0 aromatic heterocycles. The summed E-state index contributed by atoms with van der Waals surface area (Å²) in [7, 11) is -0.700. The number of ether oxygens (including phenoxy) is 3. The number of sulfonamides is 1. The maximum Gasteiger partial charge on any atom is 0.265 e. The summed E-state index contributed by atoms with van der Waals surface area (Å²) < 4.78 is 45.0. The van der Waals surface area contributed by atoms with Crippen LogP contribution in [0.1, 0.15) is 11.1 Å². The molecule has 2 aromatic rings. The minimum Gasteiger partial charge on any atom is -0.497 e. The Labute approximate surface area is 154 Å². The van der Waals surface area contributed by atoms with E-state index in [9.17, 15) is 8.42 Å². The molecule has 1 heterocycles. The molecule has 0 amide bonds. The van der Waals surface area contributed by atoms with Crippen molar-refractivity contribution in [3.8, 4) is 11.5 Å².